The topological polar surface area (TPSA) is 147 Å². The Morgan fingerprint density at radius 3 is 2.89 bits per heavy atom. The van der Waals surface area contributed by atoms with Gasteiger partial charge in [0.05, 0.1) is 0 Å². The predicted octanol–water partition coefficient (Wildman–Crippen LogP) is 0.0532. The van der Waals surface area contributed by atoms with Gasteiger partial charge in [-0.1, -0.05) is 5.16 Å². The number of carboxylic acid groups (broad SMARTS) is 1. The minimum Gasteiger partial charge on any atom is -0.477 e. The van der Waals surface area contributed by atoms with Crippen LogP contribution >= 0.6 is 34.7 Å². The Bertz CT molecular complexity index is 870. The normalized spacial score (nSPS) is 22.2. The van der Waals surface area contributed by atoms with Crippen molar-refractivity contribution in [2.24, 2.45) is 5.16 Å². The van der Waals surface area contributed by atoms with Crippen LogP contribution in [0.5, 0.6) is 0 Å². The molecule has 2 aliphatic rings. The fourth-order valence-electron chi connectivity index (χ4n) is 2.69. The number of fused-ring (bicyclic) bond motifs is 1. The zero-order valence-electron chi connectivity index (χ0n) is 13.8. The van der Waals surface area contributed by atoms with E-state index in [1.54, 1.807) is 0 Å². The zero-order chi connectivity index (χ0) is 19.7. The number of thiazole rings is 1. The van der Waals surface area contributed by atoms with E-state index in [1.165, 1.54) is 24.3 Å². The van der Waals surface area contributed by atoms with E-state index in [0.717, 1.165) is 16.2 Å². The third kappa shape index (κ3) is 3.47. The number of carbonyl (C=O) groups excluding carboxylic acids is 2. The van der Waals surface area contributed by atoms with Gasteiger partial charge in [0.15, 0.2) is 10.8 Å². The van der Waals surface area contributed by atoms with Crippen molar-refractivity contribution in [3.8, 4) is 0 Å². The van der Waals surface area contributed by atoms with Gasteiger partial charge >= 0.3 is 5.97 Å². The molecular weight excluding hydrogens is 418 g/mol. The second kappa shape index (κ2) is 7.74. The molecule has 0 saturated carbocycles. The van der Waals surface area contributed by atoms with E-state index in [-0.39, 0.29) is 28.1 Å². The summed E-state index contributed by atoms with van der Waals surface area (Å²) < 4.78 is 0. The molecule has 1 aromatic heterocycles. The monoisotopic (exact) mass is 431 g/mol. The number of hydrogen-bond donors (Lipinski definition) is 3. The maximum absolute atomic E-state index is 12.6. The summed E-state index contributed by atoms with van der Waals surface area (Å²) in [5, 5.41) is 16.9. The van der Waals surface area contributed by atoms with Gasteiger partial charge < -0.3 is 21.0 Å². The van der Waals surface area contributed by atoms with E-state index < -0.39 is 29.2 Å². The second-order valence-corrected chi connectivity index (χ2v) is 7.71. The van der Waals surface area contributed by atoms with Crippen LogP contribution in [0.4, 0.5) is 5.13 Å². The number of aromatic nitrogens is 1. The molecule has 1 fully saturated rings. The summed E-state index contributed by atoms with van der Waals surface area (Å²) in [6.45, 7) is 0. The van der Waals surface area contributed by atoms with E-state index >= 15 is 0 Å². The van der Waals surface area contributed by atoms with Crippen molar-refractivity contribution in [3.63, 3.8) is 0 Å². The first kappa shape index (κ1) is 19.5. The van der Waals surface area contributed by atoms with E-state index in [1.807, 2.05) is 0 Å². The molecule has 0 unspecified atom stereocenters. The quantitative estimate of drug-likeness (QED) is 0.248. The molecule has 1 aromatic rings. The van der Waals surface area contributed by atoms with E-state index in [9.17, 15) is 19.5 Å². The average molecular weight is 432 g/mol. The molecule has 0 aliphatic carbocycles. The van der Waals surface area contributed by atoms with Gasteiger partial charge in [0.1, 0.15) is 29.9 Å². The Balaban J connectivity index is 1.79. The Kier molecular flexibility index (Phi) is 5.58. The van der Waals surface area contributed by atoms with Crippen LogP contribution in [0.2, 0.25) is 0 Å². The van der Waals surface area contributed by atoms with Gasteiger partial charge in [-0.2, -0.15) is 0 Å². The molecule has 1 saturated heterocycles. The van der Waals surface area contributed by atoms with Crippen molar-refractivity contribution in [2.75, 3.05) is 24.5 Å². The summed E-state index contributed by atoms with van der Waals surface area (Å²) in [7, 11) is 1.27. The number of oxime groups is 1. The number of nitrogen functional groups attached to an aromatic ring is 1. The summed E-state index contributed by atoms with van der Waals surface area (Å²) >= 11 is 8.24. The number of alkyl halides is 1. The van der Waals surface area contributed by atoms with Gasteiger partial charge in [-0.25, -0.2) is 9.78 Å². The predicted molar refractivity (Wildman–Crippen MR) is 100 cm³/mol. The number of hydrogen-bond acceptors (Lipinski definition) is 9. The number of halogens is 1. The molecule has 4 N–H and O–H groups in total. The molecule has 27 heavy (non-hydrogen) atoms. The number of nitrogens with one attached hydrogen (secondary N) is 1. The number of aliphatic carboxylic acids is 1. The average Bonchev–Trinajstić information content (AvgIpc) is 3.08. The summed E-state index contributed by atoms with van der Waals surface area (Å²) in [5.41, 5.74) is 6.00. The van der Waals surface area contributed by atoms with Crippen LogP contribution in [-0.2, 0) is 19.2 Å². The lowest BCUT2D eigenvalue weighted by atomic mass is 10.0. The standard InChI is InChI=1S/C14H14ClN5O5S2/c1-25-19-7(6-4-27-14(16)17-6)10(21)18-8-11(22)20-9(13(23)24)5(2-15)3-26-12(8)20/h4,8,12H,2-3H2,1H3,(H2,16,17)(H,18,21)(H,23,24)/b19-7-/t8-,12+/m1/s1. The van der Waals surface area contributed by atoms with E-state index in [2.05, 4.69) is 20.3 Å². The number of nitrogens with zero attached hydrogens (tertiary/aromatic N) is 3. The number of amides is 2. The van der Waals surface area contributed by atoms with Crippen molar-refractivity contribution in [1.82, 2.24) is 15.2 Å². The molecule has 2 aliphatic heterocycles. The Morgan fingerprint density at radius 2 is 2.33 bits per heavy atom. The van der Waals surface area contributed by atoms with E-state index in [0.29, 0.717) is 11.3 Å². The Hall–Kier alpha value is -2.31. The van der Waals surface area contributed by atoms with Gasteiger partial charge in [0.25, 0.3) is 11.8 Å². The summed E-state index contributed by atoms with van der Waals surface area (Å²) in [6.07, 6.45) is 0. The number of carboxylic acids is 1. The van der Waals surface area contributed by atoms with E-state index in [4.69, 9.17) is 17.3 Å². The SMILES string of the molecule is CO/N=C(\C(=O)N[C@@H]1C(=O)N2C(C(=O)O)=C(CCl)CS[C@@H]12)c1csc(N)n1. The Labute approximate surface area is 166 Å². The lowest BCUT2D eigenvalue weighted by Gasteiger charge is -2.49. The van der Waals surface area contributed by atoms with Gasteiger partial charge in [-0.3, -0.25) is 14.5 Å². The molecule has 10 nitrogen and oxygen atoms in total. The molecule has 3 heterocycles. The van der Waals surface area contributed by atoms with Crippen molar-refractivity contribution in [3.05, 3.63) is 22.3 Å². The van der Waals surface area contributed by atoms with Crippen LogP contribution in [0.1, 0.15) is 5.69 Å². The Morgan fingerprint density at radius 1 is 1.59 bits per heavy atom. The summed E-state index contributed by atoms with van der Waals surface area (Å²) in [4.78, 5) is 46.4. The first-order valence-corrected chi connectivity index (χ1v) is 9.94. The van der Waals surface area contributed by atoms with Crippen LogP contribution in [0.3, 0.4) is 0 Å². The molecule has 2 atom stereocenters. The fraction of sp³-hybridized carbons (Fsp3) is 0.357. The number of nitrogens with two attached hydrogens (primary N) is 1. The number of thioether (sulfide) groups is 1. The van der Waals surface area contributed by atoms with Gasteiger partial charge in [0, 0.05) is 17.0 Å². The highest BCUT2D eigenvalue weighted by Gasteiger charge is 2.54. The van der Waals surface area contributed by atoms with Gasteiger partial charge in [-0.05, 0) is 5.57 Å². The molecule has 2 amide bonds. The maximum Gasteiger partial charge on any atom is 0.352 e. The summed E-state index contributed by atoms with van der Waals surface area (Å²) in [6, 6.07) is -0.897. The van der Waals surface area contributed by atoms with Gasteiger partial charge in [0.2, 0.25) is 0 Å². The minimum absolute atomic E-state index is 0.0120. The number of carbonyl (C=O) groups is 3. The highest BCUT2D eigenvalue weighted by atomic mass is 35.5. The number of rotatable bonds is 6. The highest BCUT2D eigenvalue weighted by molar-refractivity contribution is 8.00. The number of anilines is 1. The fourth-order valence-corrected chi connectivity index (χ4v) is 4.91. The lowest BCUT2D eigenvalue weighted by Crippen LogP contribution is -2.71. The molecule has 0 bridgehead atoms. The third-order valence-electron chi connectivity index (χ3n) is 3.86. The third-order valence-corrected chi connectivity index (χ3v) is 6.20. The van der Waals surface area contributed by atoms with Crippen molar-refractivity contribution >= 4 is 63.3 Å². The maximum atomic E-state index is 12.6. The summed E-state index contributed by atoms with van der Waals surface area (Å²) in [5.74, 6) is -2.07. The molecule has 0 aromatic carbocycles. The first-order chi connectivity index (χ1) is 12.9. The first-order valence-electron chi connectivity index (χ1n) is 7.48. The van der Waals surface area contributed by atoms with Crippen LogP contribution in [0.25, 0.3) is 0 Å². The minimum atomic E-state index is -1.23. The molecular formula is C14H14ClN5O5S2. The van der Waals surface area contributed by atoms with Crippen LogP contribution in [0.15, 0.2) is 21.8 Å². The highest BCUT2D eigenvalue weighted by Crippen LogP contribution is 2.40. The van der Waals surface area contributed by atoms with Crippen LogP contribution < -0.4 is 11.1 Å². The molecule has 0 radical (unpaired) electrons. The molecule has 13 heteroatoms. The molecule has 144 valence electrons. The van der Waals surface area contributed by atoms with Crippen LogP contribution in [0, 0.1) is 0 Å². The zero-order valence-corrected chi connectivity index (χ0v) is 16.2. The molecule has 3 rings (SSSR count). The van der Waals surface area contributed by atoms with Gasteiger partial charge in [-0.15, -0.1) is 34.7 Å². The lowest BCUT2D eigenvalue weighted by molar-refractivity contribution is -0.150. The number of β-lactam (4-membered cyclic amide) rings is 1. The molecule has 0 spiro atoms. The van der Waals surface area contributed by atoms with Crippen molar-refractivity contribution < 1.29 is 24.3 Å². The van der Waals surface area contributed by atoms with Crippen LogP contribution in [-0.4, -0.2) is 68.6 Å². The van der Waals surface area contributed by atoms with Crippen molar-refractivity contribution in [1.29, 1.82) is 0 Å². The smallest absolute Gasteiger partial charge is 0.352 e. The largest absolute Gasteiger partial charge is 0.477 e. The second-order valence-electron chi connectivity index (χ2n) is 5.45. The van der Waals surface area contributed by atoms with Crippen molar-refractivity contribution in [2.45, 2.75) is 11.4 Å².